The standard InChI is InChI=1S/C34H44O4S2Si4/c1-41(2,29-21-13-9-14-22-29)33-39(35,37-43(5,6)31-25-17-11-18-26-31)34(42(3,4)30-23-15-10-16-24-30)40(33,36)38-44(7,8)32-27-19-12-20-28-32/h9-28H,1-8H3. The zero-order valence-corrected chi connectivity index (χ0v) is 32.6. The van der Waals surface area contributed by atoms with Crippen molar-refractivity contribution in [2.75, 3.05) is 0 Å². The summed E-state index contributed by atoms with van der Waals surface area (Å²) in [5.74, 6) is 0. The van der Waals surface area contributed by atoms with Gasteiger partial charge in [0, 0.05) is 0 Å². The van der Waals surface area contributed by atoms with Crippen LogP contribution in [0, 0.1) is 0 Å². The van der Waals surface area contributed by atoms with Crippen LogP contribution >= 0.6 is 0 Å². The quantitative estimate of drug-likeness (QED) is 0.169. The molecular formula is C34H44O4S2Si4. The Kier molecular flexibility index (Phi) is 8.88. The van der Waals surface area contributed by atoms with Crippen LogP contribution in [0.3, 0.4) is 0 Å². The zero-order chi connectivity index (χ0) is 32.0. The van der Waals surface area contributed by atoms with E-state index in [9.17, 15) is 0 Å². The third kappa shape index (κ3) is 5.75. The lowest BCUT2D eigenvalue weighted by Crippen LogP contribution is -2.72. The molecule has 1 aliphatic rings. The Morgan fingerprint density at radius 3 is 0.864 bits per heavy atom. The third-order valence-electron chi connectivity index (χ3n) is 8.58. The molecule has 0 unspecified atom stereocenters. The Balaban J connectivity index is 1.85. The van der Waals surface area contributed by atoms with E-state index in [1.807, 2.05) is 72.8 Å². The highest BCUT2D eigenvalue weighted by Gasteiger charge is 2.60. The zero-order valence-electron chi connectivity index (χ0n) is 27.0. The van der Waals surface area contributed by atoms with E-state index in [2.05, 4.69) is 101 Å². The molecule has 0 aromatic heterocycles. The predicted octanol–water partition coefficient (Wildman–Crippen LogP) is 5.23. The maximum Gasteiger partial charge on any atom is 0.238 e. The maximum atomic E-state index is 16.1. The minimum Gasteiger partial charge on any atom is -0.333 e. The van der Waals surface area contributed by atoms with Crippen molar-refractivity contribution in [2.24, 2.45) is 0 Å². The summed E-state index contributed by atoms with van der Waals surface area (Å²) in [4.78, 5) is 0. The van der Waals surface area contributed by atoms with Crippen molar-refractivity contribution < 1.29 is 16.2 Å². The van der Waals surface area contributed by atoms with Gasteiger partial charge in [-0.2, -0.15) is 0 Å². The maximum absolute atomic E-state index is 16.1. The first-order chi connectivity index (χ1) is 20.6. The van der Waals surface area contributed by atoms with Crippen molar-refractivity contribution in [1.82, 2.24) is 0 Å². The lowest BCUT2D eigenvalue weighted by molar-refractivity contribution is 0.567. The van der Waals surface area contributed by atoms with Gasteiger partial charge in [0.15, 0.2) is 0 Å². The molecule has 1 aliphatic heterocycles. The second-order valence-corrected chi connectivity index (χ2v) is 36.3. The fourth-order valence-corrected chi connectivity index (χ4v) is 38.1. The van der Waals surface area contributed by atoms with E-state index in [4.69, 9.17) is 7.74 Å². The van der Waals surface area contributed by atoms with Gasteiger partial charge in [-0.3, -0.25) is 0 Å². The Labute approximate surface area is 269 Å². The van der Waals surface area contributed by atoms with Gasteiger partial charge in [-0.25, -0.2) is 8.42 Å². The Hall–Kier alpha value is -2.29. The summed E-state index contributed by atoms with van der Waals surface area (Å²) in [5.41, 5.74) is 0. The van der Waals surface area contributed by atoms with Gasteiger partial charge in [0.2, 0.25) is 16.6 Å². The SMILES string of the molecule is C[Si](C)(OS1(=O)=C([Si](C)(C)c2ccccc2)S(=O)(O[Si](C)(C)c2ccccc2)=C1[Si](C)(C)c1ccccc1)c1ccccc1. The van der Waals surface area contributed by atoms with E-state index in [1.165, 1.54) is 0 Å². The Bertz CT molecular complexity index is 1730. The Morgan fingerprint density at radius 2 is 0.614 bits per heavy atom. The first-order valence-corrected chi connectivity index (χ1v) is 29.8. The normalized spacial score (nSPS) is 21.2. The molecule has 44 heavy (non-hydrogen) atoms. The smallest absolute Gasteiger partial charge is 0.238 e. The third-order valence-corrected chi connectivity index (χ3v) is 36.8. The molecule has 1 heterocycles. The molecule has 0 bridgehead atoms. The van der Waals surface area contributed by atoms with Crippen LogP contribution in [0.25, 0.3) is 0 Å². The summed E-state index contributed by atoms with van der Waals surface area (Å²) < 4.78 is 47.6. The summed E-state index contributed by atoms with van der Waals surface area (Å²) in [6.07, 6.45) is 0. The fourth-order valence-electron chi connectivity index (χ4n) is 6.23. The molecule has 10 heteroatoms. The highest BCUT2D eigenvalue weighted by molar-refractivity contribution is 8.53. The summed E-state index contributed by atoms with van der Waals surface area (Å²) in [7, 11) is -17.8. The molecule has 4 nitrogen and oxygen atoms in total. The molecule has 0 N–H and O–H groups in total. The molecule has 0 saturated carbocycles. The molecule has 0 atom stereocenters. The van der Waals surface area contributed by atoms with E-state index in [-0.39, 0.29) is 0 Å². The highest BCUT2D eigenvalue weighted by Crippen LogP contribution is 2.37. The van der Waals surface area contributed by atoms with Crippen LogP contribution < -0.4 is 20.7 Å². The second kappa shape index (κ2) is 11.8. The average Bonchev–Trinajstić information content (AvgIpc) is 2.97. The predicted molar refractivity (Wildman–Crippen MR) is 203 cm³/mol. The van der Waals surface area contributed by atoms with E-state index in [0.717, 1.165) is 20.7 Å². The lowest BCUT2D eigenvalue weighted by Gasteiger charge is -2.47. The van der Waals surface area contributed by atoms with E-state index in [0.29, 0.717) is 7.64 Å². The topological polar surface area (TPSA) is 52.6 Å². The lowest BCUT2D eigenvalue weighted by atomic mass is 10.4. The van der Waals surface area contributed by atoms with Crippen molar-refractivity contribution in [3.05, 3.63) is 121 Å². The molecule has 0 amide bonds. The first-order valence-electron chi connectivity index (χ1n) is 15.0. The number of rotatable bonds is 10. The van der Waals surface area contributed by atoms with Crippen molar-refractivity contribution in [2.45, 2.75) is 52.4 Å². The summed E-state index contributed by atoms with van der Waals surface area (Å²) in [5, 5.41) is 4.25. The van der Waals surface area contributed by atoms with Gasteiger partial charge in [0.1, 0.15) is 43.4 Å². The van der Waals surface area contributed by atoms with Crippen LogP contribution in [0.5, 0.6) is 0 Å². The van der Waals surface area contributed by atoms with Gasteiger partial charge in [0.25, 0.3) is 0 Å². The number of benzene rings is 4. The van der Waals surface area contributed by atoms with Crippen LogP contribution in [-0.4, -0.2) is 48.8 Å². The van der Waals surface area contributed by atoms with Crippen molar-refractivity contribution in [3.8, 4) is 0 Å². The molecule has 0 radical (unpaired) electrons. The van der Waals surface area contributed by atoms with Gasteiger partial charge in [0.05, 0.1) is 0 Å². The minimum atomic E-state index is -3.31. The second-order valence-electron chi connectivity index (χ2n) is 13.5. The highest BCUT2D eigenvalue weighted by atomic mass is 32.3. The molecule has 0 saturated heterocycles. The first kappa shape index (κ1) is 33.1. The molecule has 0 aliphatic carbocycles. The van der Waals surface area contributed by atoms with Crippen LogP contribution in [0.4, 0.5) is 0 Å². The molecule has 4 aromatic carbocycles. The molecule has 5 rings (SSSR count). The van der Waals surface area contributed by atoms with Gasteiger partial charge in [-0.1, -0.05) is 158 Å². The monoisotopic (exact) mass is 692 g/mol. The van der Waals surface area contributed by atoms with Gasteiger partial charge in [-0.05, 0) is 36.6 Å². The van der Waals surface area contributed by atoms with Crippen LogP contribution in [0.15, 0.2) is 121 Å². The number of hydrogen-bond donors (Lipinski definition) is 0. The van der Waals surface area contributed by atoms with Gasteiger partial charge < -0.3 is 7.74 Å². The van der Waals surface area contributed by atoms with E-state index >= 15 is 8.42 Å². The Morgan fingerprint density at radius 1 is 0.386 bits per heavy atom. The molecule has 0 spiro atoms. The van der Waals surface area contributed by atoms with Crippen molar-refractivity contribution in [3.63, 3.8) is 0 Å². The van der Waals surface area contributed by atoms with E-state index in [1.54, 1.807) is 0 Å². The van der Waals surface area contributed by atoms with Crippen LogP contribution in [-0.2, 0) is 27.3 Å². The molecule has 232 valence electrons. The molecule has 0 fully saturated rings. The summed E-state index contributed by atoms with van der Waals surface area (Å²) in [6, 6.07) is 40.5. The fraction of sp³-hybridized carbons (Fsp3) is 0.235. The minimum absolute atomic E-state index is 0.531. The van der Waals surface area contributed by atoms with Crippen LogP contribution in [0.2, 0.25) is 52.4 Å². The van der Waals surface area contributed by atoms with Crippen LogP contribution in [0.1, 0.15) is 0 Å². The average molecular weight is 693 g/mol. The van der Waals surface area contributed by atoms with Gasteiger partial charge in [-0.15, -0.1) is 0 Å². The summed E-state index contributed by atoms with van der Waals surface area (Å²) >= 11 is 0. The largest absolute Gasteiger partial charge is 0.333 e. The number of hydrogen-bond acceptors (Lipinski definition) is 4. The van der Waals surface area contributed by atoms with Gasteiger partial charge >= 0.3 is 0 Å². The molecular weight excluding hydrogens is 649 g/mol. The van der Waals surface area contributed by atoms with E-state index < -0.39 is 52.4 Å². The van der Waals surface area contributed by atoms with Crippen molar-refractivity contribution >= 4 is 80.8 Å². The van der Waals surface area contributed by atoms with Crippen molar-refractivity contribution in [1.29, 1.82) is 0 Å². The summed E-state index contributed by atoms with van der Waals surface area (Å²) in [6.45, 7) is 17.0. The molecule has 4 aromatic rings.